The molecule has 1 N–H and O–H groups in total. The lowest BCUT2D eigenvalue weighted by Crippen LogP contribution is -2.35. The van der Waals surface area contributed by atoms with Crippen LogP contribution in [0.1, 0.15) is 37.8 Å². The maximum Gasteiger partial charge on any atom is 0.304 e. The number of hydrogen-bond donors (Lipinski definition) is 1. The second kappa shape index (κ2) is 8.67. The van der Waals surface area contributed by atoms with E-state index in [2.05, 4.69) is 36.9 Å². The van der Waals surface area contributed by atoms with Gasteiger partial charge in [0.1, 0.15) is 5.75 Å². The van der Waals surface area contributed by atoms with Gasteiger partial charge in [0.2, 0.25) is 0 Å². The number of hydrogen-bond acceptors (Lipinski definition) is 3. The van der Waals surface area contributed by atoms with E-state index in [1.54, 1.807) is 0 Å². The Morgan fingerprint density at radius 2 is 2.10 bits per heavy atom. The molecule has 0 saturated heterocycles. The number of aliphatic carboxylic acids is 1. The zero-order valence-corrected chi connectivity index (χ0v) is 13.6. The third kappa shape index (κ3) is 6.17. The Bertz CT molecular complexity index is 459. The van der Waals surface area contributed by atoms with Gasteiger partial charge in [-0.15, -0.1) is 0 Å². The highest BCUT2D eigenvalue weighted by atomic mass is 16.5. The maximum atomic E-state index is 10.8. The summed E-state index contributed by atoms with van der Waals surface area (Å²) in [6, 6.07) is 6.26. The van der Waals surface area contributed by atoms with Gasteiger partial charge < -0.3 is 14.7 Å². The molecule has 1 rings (SSSR count). The van der Waals surface area contributed by atoms with Crippen molar-refractivity contribution >= 4 is 5.97 Å². The average molecular weight is 293 g/mol. The van der Waals surface area contributed by atoms with E-state index in [0.717, 1.165) is 30.8 Å². The fourth-order valence-electron chi connectivity index (χ4n) is 2.38. The van der Waals surface area contributed by atoms with E-state index in [9.17, 15) is 4.79 Å². The van der Waals surface area contributed by atoms with Crippen molar-refractivity contribution < 1.29 is 14.6 Å². The van der Waals surface area contributed by atoms with Gasteiger partial charge in [0.05, 0.1) is 13.0 Å². The molecule has 0 aromatic heterocycles. The molecule has 0 amide bonds. The lowest BCUT2D eigenvalue weighted by Gasteiger charge is -2.26. The number of carboxylic acids is 1. The largest absolute Gasteiger partial charge is 0.493 e. The summed E-state index contributed by atoms with van der Waals surface area (Å²) in [7, 11) is 0. The van der Waals surface area contributed by atoms with Gasteiger partial charge in [-0.25, -0.2) is 0 Å². The van der Waals surface area contributed by atoms with E-state index in [-0.39, 0.29) is 12.5 Å². The fourth-order valence-corrected chi connectivity index (χ4v) is 2.38. The molecular formula is C17H27NO3. The number of rotatable bonds is 9. The molecule has 21 heavy (non-hydrogen) atoms. The Morgan fingerprint density at radius 1 is 1.38 bits per heavy atom. The molecule has 0 saturated carbocycles. The van der Waals surface area contributed by atoms with Crippen molar-refractivity contribution in [3.63, 3.8) is 0 Å². The highest BCUT2D eigenvalue weighted by molar-refractivity contribution is 5.67. The van der Waals surface area contributed by atoms with Crippen molar-refractivity contribution in [3.8, 4) is 5.75 Å². The Labute approximate surface area is 127 Å². The molecule has 1 aromatic carbocycles. The first-order chi connectivity index (χ1) is 9.93. The zero-order chi connectivity index (χ0) is 15.8. The van der Waals surface area contributed by atoms with Crippen LogP contribution in [0.25, 0.3) is 0 Å². The molecule has 1 aromatic rings. The van der Waals surface area contributed by atoms with Crippen molar-refractivity contribution in [1.29, 1.82) is 0 Å². The minimum Gasteiger partial charge on any atom is -0.493 e. The second-order valence-corrected chi connectivity index (χ2v) is 5.55. The first-order valence-corrected chi connectivity index (χ1v) is 7.60. The summed E-state index contributed by atoms with van der Waals surface area (Å²) in [6.45, 7) is 10.5. The summed E-state index contributed by atoms with van der Waals surface area (Å²) in [4.78, 5) is 12.9. The van der Waals surface area contributed by atoms with Crippen LogP contribution in [0.2, 0.25) is 0 Å². The third-order valence-corrected chi connectivity index (χ3v) is 3.69. The fraction of sp³-hybridized carbons (Fsp3) is 0.588. The Balaban J connectivity index is 2.38. The van der Waals surface area contributed by atoms with E-state index in [4.69, 9.17) is 9.84 Å². The molecule has 0 aliphatic heterocycles. The Morgan fingerprint density at radius 3 is 2.71 bits per heavy atom. The first kappa shape index (κ1) is 17.5. The van der Waals surface area contributed by atoms with Crippen LogP contribution in [-0.2, 0) is 4.79 Å². The predicted molar refractivity (Wildman–Crippen MR) is 85.0 cm³/mol. The molecule has 0 bridgehead atoms. The van der Waals surface area contributed by atoms with E-state index in [0.29, 0.717) is 6.61 Å². The van der Waals surface area contributed by atoms with Crippen molar-refractivity contribution in [1.82, 2.24) is 4.90 Å². The molecular weight excluding hydrogens is 266 g/mol. The molecule has 4 nitrogen and oxygen atoms in total. The smallest absolute Gasteiger partial charge is 0.304 e. The maximum absolute atomic E-state index is 10.8. The van der Waals surface area contributed by atoms with Crippen molar-refractivity contribution in [2.45, 2.75) is 46.6 Å². The third-order valence-electron chi connectivity index (χ3n) is 3.69. The van der Waals surface area contributed by atoms with Crippen LogP contribution in [0.15, 0.2) is 18.2 Å². The van der Waals surface area contributed by atoms with Gasteiger partial charge in [0.25, 0.3) is 0 Å². The minimum atomic E-state index is -0.743. The number of aryl methyl sites for hydroxylation is 2. The van der Waals surface area contributed by atoms with Crippen LogP contribution in [0.4, 0.5) is 0 Å². The summed E-state index contributed by atoms with van der Waals surface area (Å²) in [5.41, 5.74) is 2.34. The van der Waals surface area contributed by atoms with Crippen LogP contribution >= 0.6 is 0 Å². The second-order valence-electron chi connectivity index (χ2n) is 5.55. The van der Waals surface area contributed by atoms with Gasteiger partial charge in [-0.3, -0.25) is 4.79 Å². The van der Waals surface area contributed by atoms with Crippen LogP contribution in [0, 0.1) is 13.8 Å². The molecule has 0 aliphatic carbocycles. The van der Waals surface area contributed by atoms with Crippen LogP contribution in [0.5, 0.6) is 5.75 Å². The highest BCUT2D eigenvalue weighted by Gasteiger charge is 2.14. The molecule has 1 unspecified atom stereocenters. The molecule has 0 heterocycles. The lowest BCUT2D eigenvalue weighted by molar-refractivity contribution is -0.138. The lowest BCUT2D eigenvalue weighted by atomic mass is 10.1. The van der Waals surface area contributed by atoms with Gasteiger partial charge in [-0.1, -0.05) is 19.1 Å². The first-order valence-electron chi connectivity index (χ1n) is 7.60. The van der Waals surface area contributed by atoms with E-state index in [1.807, 2.05) is 13.8 Å². The number of carboxylic acid groups (broad SMARTS) is 1. The molecule has 0 radical (unpaired) electrons. The summed E-state index contributed by atoms with van der Waals surface area (Å²) in [6.07, 6.45) is 1.08. The number of ether oxygens (including phenoxy) is 1. The van der Waals surface area contributed by atoms with Gasteiger partial charge in [-0.2, -0.15) is 0 Å². The Hall–Kier alpha value is -1.55. The number of benzene rings is 1. The van der Waals surface area contributed by atoms with Gasteiger partial charge >= 0.3 is 5.97 Å². The monoisotopic (exact) mass is 293 g/mol. The topological polar surface area (TPSA) is 49.8 Å². The molecule has 0 spiro atoms. The van der Waals surface area contributed by atoms with Gasteiger partial charge in [0, 0.05) is 12.6 Å². The van der Waals surface area contributed by atoms with Gasteiger partial charge in [-0.05, 0) is 50.9 Å². The van der Waals surface area contributed by atoms with Gasteiger partial charge in [0.15, 0.2) is 0 Å². The summed E-state index contributed by atoms with van der Waals surface area (Å²) >= 11 is 0. The molecule has 118 valence electrons. The summed E-state index contributed by atoms with van der Waals surface area (Å²) in [5, 5.41) is 8.85. The summed E-state index contributed by atoms with van der Waals surface area (Å²) in [5.74, 6) is 0.198. The quantitative estimate of drug-likeness (QED) is 0.710. The standard InChI is InChI=1S/C17H27NO3/c1-5-18(15(4)12-17(19)20)9-6-10-21-16-11-13(2)7-8-14(16)3/h7-8,11,15H,5-6,9-10,12H2,1-4H3,(H,19,20). The normalized spacial score (nSPS) is 12.4. The summed E-state index contributed by atoms with van der Waals surface area (Å²) < 4.78 is 5.83. The molecule has 0 aliphatic rings. The van der Waals surface area contributed by atoms with Crippen molar-refractivity contribution in [2.24, 2.45) is 0 Å². The minimum absolute atomic E-state index is 0.0632. The highest BCUT2D eigenvalue weighted by Crippen LogP contribution is 2.19. The van der Waals surface area contributed by atoms with E-state index < -0.39 is 5.97 Å². The van der Waals surface area contributed by atoms with Crippen molar-refractivity contribution in [2.75, 3.05) is 19.7 Å². The van der Waals surface area contributed by atoms with E-state index >= 15 is 0 Å². The predicted octanol–water partition coefficient (Wildman–Crippen LogP) is 3.26. The van der Waals surface area contributed by atoms with Crippen LogP contribution in [0.3, 0.4) is 0 Å². The zero-order valence-electron chi connectivity index (χ0n) is 13.6. The van der Waals surface area contributed by atoms with Crippen LogP contribution < -0.4 is 4.74 Å². The van der Waals surface area contributed by atoms with Crippen molar-refractivity contribution in [3.05, 3.63) is 29.3 Å². The Kier molecular flexibility index (Phi) is 7.23. The van der Waals surface area contributed by atoms with E-state index in [1.165, 1.54) is 5.56 Å². The SMILES string of the molecule is CCN(CCCOc1cc(C)ccc1C)C(C)CC(=O)O. The average Bonchev–Trinajstić information content (AvgIpc) is 2.41. The molecule has 0 fully saturated rings. The number of carbonyl (C=O) groups is 1. The number of nitrogens with zero attached hydrogens (tertiary/aromatic N) is 1. The van der Waals surface area contributed by atoms with Crippen LogP contribution in [-0.4, -0.2) is 41.7 Å². The molecule has 4 heteroatoms. The molecule has 1 atom stereocenters.